The van der Waals surface area contributed by atoms with E-state index in [-0.39, 0.29) is 11.6 Å². The predicted molar refractivity (Wildman–Crippen MR) is 76.3 cm³/mol. The van der Waals surface area contributed by atoms with E-state index in [4.69, 9.17) is 0 Å². The molecule has 1 aromatic heterocycles. The van der Waals surface area contributed by atoms with Crippen molar-refractivity contribution in [3.8, 4) is 0 Å². The molecule has 1 aromatic rings. The van der Waals surface area contributed by atoms with Crippen LogP contribution in [-0.4, -0.2) is 46.2 Å². The quantitative estimate of drug-likeness (QED) is 0.903. The Kier molecular flexibility index (Phi) is 4.67. The lowest BCUT2D eigenvalue weighted by Crippen LogP contribution is -2.46. The first-order valence-corrected chi connectivity index (χ1v) is 8.53. The highest BCUT2D eigenvalue weighted by atomic mass is 32.2. The molecule has 1 aliphatic heterocycles. The number of aliphatic carboxylic acids is 1. The van der Waals surface area contributed by atoms with Crippen LogP contribution in [0.4, 0.5) is 0 Å². The van der Waals surface area contributed by atoms with Crippen molar-refractivity contribution in [1.29, 1.82) is 0 Å². The van der Waals surface area contributed by atoms with Gasteiger partial charge in [-0.2, -0.15) is 9.40 Å². The van der Waals surface area contributed by atoms with E-state index in [9.17, 15) is 18.3 Å². The third-order valence-corrected chi connectivity index (χ3v) is 5.98. The Morgan fingerprint density at radius 1 is 1.33 bits per heavy atom. The molecule has 0 saturated carbocycles. The molecule has 7 nitrogen and oxygen atoms in total. The minimum atomic E-state index is -3.86. The molecule has 1 N–H and O–H groups in total. The maximum atomic E-state index is 12.9. The third kappa shape index (κ3) is 3.11. The lowest BCUT2D eigenvalue weighted by Gasteiger charge is -2.30. The van der Waals surface area contributed by atoms with Gasteiger partial charge in [0.1, 0.15) is 6.04 Å². The Hall–Kier alpha value is -1.41. The lowest BCUT2D eigenvalue weighted by atomic mass is 10.0. The van der Waals surface area contributed by atoms with Gasteiger partial charge in [-0.3, -0.25) is 9.48 Å². The summed E-state index contributed by atoms with van der Waals surface area (Å²) in [6.07, 6.45) is 5.11. The Bertz CT molecular complexity index is 604. The van der Waals surface area contributed by atoms with Crippen molar-refractivity contribution in [2.24, 2.45) is 7.05 Å². The van der Waals surface area contributed by atoms with Crippen LogP contribution in [0.1, 0.15) is 37.7 Å². The Labute approximate surface area is 124 Å². The zero-order valence-corrected chi connectivity index (χ0v) is 13.1. The van der Waals surface area contributed by atoms with Gasteiger partial charge in [0.2, 0.25) is 0 Å². The molecule has 0 spiro atoms. The molecular formula is C13H21N3O4S. The number of aromatic nitrogens is 2. The summed E-state index contributed by atoms with van der Waals surface area (Å²) in [6, 6.07) is -0.996. The van der Waals surface area contributed by atoms with Gasteiger partial charge in [0, 0.05) is 19.2 Å². The van der Waals surface area contributed by atoms with Crippen LogP contribution in [0.15, 0.2) is 11.2 Å². The fourth-order valence-corrected chi connectivity index (χ4v) is 4.77. The van der Waals surface area contributed by atoms with Gasteiger partial charge < -0.3 is 5.11 Å². The number of aryl methyl sites for hydroxylation is 2. The normalized spacial score (nSPS) is 21.7. The molecule has 0 aliphatic carbocycles. The molecule has 0 aromatic carbocycles. The van der Waals surface area contributed by atoms with Crippen molar-refractivity contribution in [3.63, 3.8) is 0 Å². The molecule has 2 rings (SSSR count). The number of hydrogen-bond donors (Lipinski definition) is 1. The van der Waals surface area contributed by atoms with Gasteiger partial charge in [-0.1, -0.05) is 19.3 Å². The molecule has 0 amide bonds. The summed E-state index contributed by atoms with van der Waals surface area (Å²) < 4.78 is 28.2. The van der Waals surface area contributed by atoms with Gasteiger partial charge in [0.05, 0.1) is 6.20 Å². The van der Waals surface area contributed by atoms with E-state index in [1.165, 1.54) is 10.9 Å². The monoisotopic (exact) mass is 315 g/mol. The highest BCUT2D eigenvalue weighted by molar-refractivity contribution is 7.89. The highest BCUT2D eigenvalue weighted by Gasteiger charge is 2.38. The van der Waals surface area contributed by atoms with Gasteiger partial charge >= 0.3 is 5.97 Å². The first-order chi connectivity index (χ1) is 9.85. The van der Waals surface area contributed by atoms with Gasteiger partial charge in [0.25, 0.3) is 10.0 Å². The van der Waals surface area contributed by atoms with Gasteiger partial charge in [0.15, 0.2) is 5.03 Å². The van der Waals surface area contributed by atoms with Crippen LogP contribution in [0.25, 0.3) is 0 Å². The SMILES string of the molecule is Cc1cnn(C)c1S(=O)(=O)N1CCCCCCC1C(=O)O. The summed E-state index contributed by atoms with van der Waals surface area (Å²) in [4.78, 5) is 11.5. The summed E-state index contributed by atoms with van der Waals surface area (Å²) in [6.45, 7) is 1.91. The summed E-state index contributed by atoms with van der Waals surface area (Å²) in [5.41, 5.74) is 0.531. The molecule has 1 unspecified atom stereocenters. The lowest BCUT2D eigenvalue weighted by molar-refractivity contribution is -0.141. The minimum absolute atomic E-state index is 0.0781. The van der Waals surface area contributed by atoms with Crippen molar-refractivity contribution in [2.75, 3.05) is 6.54 Å². The molecule has 1 saturated heterocycles. The molecule has 21 heavy (non-hydrogen) atoms. The zero-order chi connectivity index (χ0) is 15.6. The number of nitrogens with zero attached hydrogens (tertiary/aromatic N) is 3. The van der Waals surface area contributed by atoms with E-state index < -0.39 is 22.0 Å². The molecule has 0 bridgehead atoms. The maximum Gasteiger partial charge on any atom is 0.322 e. The topological polar surface area (TPSA) is 92.5 Å². The van der Waals surface area contributed by atoms with Crippen LogP contribution in [0.5, 0.6) is 0 Å². The second-order valence-corrected chi connectivity index (χ2v) is 7.23. The maximum absolute atomic E-state index is 12.9. The number of carboxylic acids is 1. The second-order valence-electron chi connectivity index (χ2n) is 5.43. The number of hydrogen-bond acceptors (Lipinski definition) is 4. The minimum Gasteiger partial charge on any atom is -0.480 e. The van der Waals surface area contributed by atoms with Gasteiger partial charge in [-0.15, -0.1) is 0 Å². The average molecular weight is 315 g/mol. The summed E-state index contributed by atoms with van der Waals surface area (Å²) >= 11 is 0. The number of rotatable bonds is 3. The molecule has 1 fully saturated rings. The van der Waals surface area contributed by atoms with E-state index in [1.807, 2.05) is 0 Å². The zero-order valence-electron chi connectivity index (χ0n) is 12.3. The molecule has 1 atom stereocenters. The van der Waals surface area contributed by atoms with Crippen LogP contribution >= 0.6 is 0 Å². The number of carboxylic acid groups (broad SMARTS) is 1. The van der Waals surface area contributed by atoms with E-state index in [0.717, 1.165) is 23.6 Å². The van der Waals surface area contributed by atoms with E-state index in [0.29, 0.717) is 18.4 Å². The Morgan fingerprint density at radius 2 is 2.00 bits per heavy atom. The fraction of sp³-hybridized carbons (Fsp3) is 0.692. The summed E-state index contributed by atoms with van der Waals surface area (Å²) in [7, 11) is -2.31. The predicted octanol–water partition coefficient (Wildman–Crippen LogP) is 1.14. The molecule has 118 valence electrons. The molecule has 2 heterocycles. The largest absolute Gasteiger partial charge is 0.480 e. The van der Waals surface area contributed by atoms with Gasteiger partial charge in [-0.05, 0) is 19.8 Å². The second kappa shape index (κ2) is 6.15. The van der Waals surface area contributed by atoms with Crippen molar-refractivity contribution in [2.45, 2.75) is 50.1 Å². The van der Waals surface area contributed by atoms with Crippen LogP contribution in [-0.2, 0) is 21.9 Å². The molecule has 8 heteroatoms. The van der Waals surface area contributed by atoms with Crippen molar-refractivity contribution < 1.29 is 18.3 Å². The third-order valence-electron chi connectivity index (χ3n) is 3.85. The van der Waals surface area contributed by atoms with E-state index in [1.54, 1.807) is 14.0 Å². The van der Waals surface area contributed by atoms with Crippen LogP contribution in [0.3, 0.4) is 0 Å². The fourth-order valence-electron chi connectivity index (χ4n) is 2.81. The van der Waals surface area contributed by atoms with Crippen LogP contribution < -0.4 is 0 Å². The van der Waals surface area contributed by atoms with E-state index in [2.05, 4.69) is 5.10 Å². The number of carbonyl (C=O) groups is 1. The van der Waals surface area contributed by atoms with Crippen molar-refractivity contribution >= 4 is 16.0 Å². The molecular weight excluding hydrogens is 294 g/mol. The summed E-state index contributed by atoms with van der Waals surface area (Å²) in [5.74, 6) is -1.08. The molecule has 1 aliphatic rings. The van der Waals surface area contributed by atoms with Crippen LogP contribution in [0, 0.1) is 6.92 Å². The van der Waals surface area contributed by atoms with Crippen molar-refractivity contribution in [3.05, 3.63) is 11.8 Å². The smallest absolute Gasteiger partial charge is 0.322 e. The summed E-state index contributed by atoms with van der Waals surface area (Å²) in [5, 5.41) is 13.4. The Morgan fingerprint density at radius 3 is 2.57 bits per heavy atom. The number of sulfonamides is 1. The van der Waals surface area contributed by atoms with Crippen LogP contribution in [0.2, 0.25) is 0 Å². The van der Waals surface area contributed by atoms with Crippen molar-refractivity contribution in [1.82, 2.24) is 14.1 Å². The Balaban J connectivity index is 2.45. The molecule has 0 radical (unpaired) electrons. The van der Waals surface area contributed by atoms with E-state index >= 15 is 0 Å². The first-order valence-electron chi connectivity index (χ1n) is 7.09. The highest BCUT2D eigenvalue weighted by Crippen LogP contribution is 2.26. The average Bonchev–Trinajstić information content (AvgIpc) is 2.68. The first kappa shape index (κ1) is 16.0. The standard InChI is InChI=1S/C13H21N3O4S/c1-10-9-14-15(2)12(10)21(19,20)16-8-6-4-3-5-7-11(16)13(17)18/h9,11H,3-8H2,1-2H3,(H,17,18). The van der Waals surface area contributed by atoms with Gasteiger partial charge in [-0.25, -0.2) is 8.42 Å².